The molecule has 3 aliphatic rings. The number of nitrogens with zero attached hydrogens (tertiary/aromatic N) is 3. The van der Waals surface area contributed by atoms with Gasteiger partial charge in [0.25, 0.3) is 0 Å². The van der Waals surface area contributed by atoms with E-state index in [9.17, 15) is 4.39 Å². The first-order valence-corrected chi connectivity index (χ1v) is 12.0. The van der Waals surface area contributed by atoms with Gasteiger partial charge in [0.1, 0.15) is 23.9 Å². The summed E-state index contributed by atoms with van der Waals surface area (Å²) in [5.74, 6) is 1.88. The molecule has 0 fully saturated rings. The van der Waals surface area contributed by atoms with Crippen molar-refractivity contribution in [1.29, 1.82) is 0 Å². The van der Waals surface area contributed by atoms with E-state index in [0.29, 0.717) is 36.7 Å². The minimum Gasteiger partial charge on any atom is -0.494 e. The van der Waals surface area contributed by atoms with Gasteiger partial charge >= 0.3 is 0 Å². The number of amidine groups is 1. The number of benzene rings is 2. The van der Waals surface area contributed by atoms with Crippen LogP contribution in [0.5, 0.6) is 5.75 Å². The fraction of sp³-hybridized carbons (Fsp3) is 0.276. The highest BCUT2D eigenvalue weighted by Crippen LogP contribution is 2.31. The Bertz CT molecular complexity index is 1300. The molecule has 35 heavy (non-hydrogen) atoms. The summed E-state index contributed by atoms with van der Waals surface area (Å²) >= 11 is 0. The normalized spacial score (nSPS) is 19.6. The van der Waals surface area contributed by atoms with Crippen LogP contribution in [0, 0.1) is 5.82 Å². The Balaban J connectivity index is 1.31. The molecule has 0 bridgehead atoms. The van der Waals surface area contributed by atoms with Crippen molar-refractivity contribution in [3.8, 4) is 5.75 Å². The van der Waals surface area contributed by atoms with E-state index in [2.05, 4.69) is 41.2 Å². The Morgan fingerprint density at radius 3 is 2.71 bits per heavy atom. The first-order valence-electron chi connectivity index (χ1n) is 12.0. The second-order valence-corrected chi connectivity index (χ2v) is 8.77. The second kappa shape index (κ2) is 10.2. The lowest BCUT2D eigenvalue weighted by Gasteiger charge is -2.22. The topological polar surface area (TPSA) is 55.5 Å². The van der Waals surface area contributed by atoms with E-state index in [4.69, 9.17) is 14.5 Å². The van der Waals surface area contributed by atoms with Gasteiger partial charge in [-0.15, -0.1) is 0 Å². The van der Waals surface area contributed by atoms with Crippen LogP contribution in [0.25, 0.3) is 5.57 Å². The molecule has 3 heterocycles. The van der Waals surface area contributed by atoms with Crippen molar-refractivity contribution in [3.05, 3.63) is 94.7 Å². The molecule has 0 N–H and O–H groups in total. The predicted octanol–water partition coefficient (Wildman–Crippen LogP) is 6.32. The number of halogens is 1. The predicted molar refractivity (Wildman–Crippen MR) is 139 cm³/mol. The molecule has 0 saturated carbocycles. The number of aliphatic imine (C=N–C) groups is 3. The smallest absolute Gasteiger partial charge is 0.163 e. The maximum atomic E-state index is 14.2. The molecule has 3 aliphatic heterocycles. The summed E-state index contributed by atoms with van der Waals surface area (Å²) in [5.41, 5.74) is 5.38. The van der Waals surface area contributed by atoms with E-state index in [1.54, 1.807) is 24.4 Å². The Morgan fingerprint density at radius 1 is 1.09 bits per heavy atom. The summed E-state index contributed by atoms with van der Waals surface area (Å²) < 4.78 is 25.8. The summed E-state index contributed by atoms with van der Waals surface area (Å²) in [6, 6.07) is 14.8. The largest absolute Gasteiger partial charge is 0.494 e. The van der Waals surface area contributed by atoms with Gasteiger partial charge in [0.05, 0.1) is 29.7 Å². The fourth-order valence-corrected chi connectivity index (χ4v) is 4.38. The average molecular weight is 470 g/mol. The van der Waals surface area contributed by atoms with Crippen molar-refractivity contribution in [3.63, 3.8) is 0 Å². The molecule has 2 aromatic rings. The van der Waals surface area contributed by atoms with Gasteiger partial charge in [-0.25, -0.2) is 14.4 Å². The minimum absolute atomic E-state index is 0.0687. The van der Waals surface area contributed by atoms with E-state index in [-0.39, 0.29) is 11.9 Å². The fourth-order valence-electron chi connectivity index (χ4n) is 4.38. The van der Waals surface area contributed by atoms with Crippen LogP contribution in [-0.4, -0.2) is 37.0 Å². The van der Waals surface area contributed by atoms with Gasteiger partial charge in [0, 0.05) is 12.6 Å². The summed E-state index contributed by atoms with van der Waals surface area (Å²) in [7, 11) is 0. The molecule has 0 spiro atoms. The van der Waals surface area contributed by atoms with E-state index in [1.807, 2.05) is 19.1 Å². The van der Waals surface area contributed by atoms with Gasteiger partial charge in [-0.1, -0.05) is 30.3 Å². The summed E-state index contributed by atoms with van der Waals surface area (Å²) in [6.45, 7) is 5.31. The van der Waals surface area contributed by atoms with E-state index < -0.39 is 0 Å². The van der Waals surface area contributed by atoms with Gasteiger partial charge in [-0.2, -0.15) is 0 Å². The van der Waals surface area contributed by atoms with Crippen molar-refractivity contribution >= 4 is 23.3 Å². The monoisotopic (exact) mass is 469 g/mol. The standard InChI is InChI=1S/C29H28FN3O2/c1-3-34-22-13-11-20(12-14-22)25-16-23(35-18-19(25)2)15-21-7-6-10-27-28(17-31-21)33-29(32-27)24-8-4-5-9-26(24)30/h4-5,8-14,16-17,21H,3,6-7,15,18H2,1-2H3. The molecule has 0 aliphatic carbocycles. The van der Waals surface area contributed by atoms with Crippen LogP contribution in [0.15, 0.2) is 92.7 Å². The Morgan fingerprint density at radius 2 is 1.91 bits per heavy atom. The zero-order valence-corrected chi connectivity index (χ0v) is 20.0. The van der Waals surface area contributed by atoms with Gasteiger partial charge in [-0.3, -0.25) is 4.99 Å². The minimum atomic E-state index is -0.326. The van der Waals surface area contributed by atoms with Crippen LogP contribution in [-0.2, 0) is 4.74 Å². The van der Waals surface area contributed by atoms with E-state index in [0.717, 1.165) is 35.6 Å². The van der Waals surface area contributed by atoms with E-state index >= 15 is 0 Å². The van der Waals surface area contributed by atoms with Crippen molar-refractivity contribution < 1.29 is 13.9 Å². The van der Waals surface area contributed by atoms with Crippen LogP contribution in [0.4, 0.5) is 4.39 Å². The van der Waals surface area contributed by atoms with Crippen LogP contribution >= 0.6 is 0 Å². The third-order valence-corrected chi connectivity index (χ3v) is 6.23. The lowest BCUT2D eigenvalue weighted by molar-refractivity contribution is 0.219. The van der Waals surface area contributed by atoms with Gasteiger partial charge in [0.2, 0.25) is 0 Å². The lowest BCUT2D eigenvalue weighted by atomic mass is 9.96. The molecule has 0 radical (unpaired) electrons. The zero-order chi connectivity index (χ0) is 24.2. The van der Waals surface area contributed by atoms with Gasteiger partial charge in [-0.05, 0) is 73.7 Å². The number of hydrogen-bond donors (Lipinski definition) is 0. The molecule has 0 amide bonds. The quantitative estimate of drug-likeness (QED) is 0.497. The van der Waals surface area contributed by atoms with Gasteiger partial charge in [0.15, 0.2) is 5.84 Å². The molecule has 178 valence electrons. The molecule has 0 aromatic heterocycles. The molecule has 2 aromatic carbocycles. The number of hydrogen-bond acceptors (Lipinski definition) is 5. The molecule has 1 atom stereocenters. The summed E-state index contributed by atoms with van der Waals surface area (Å²) in [6.07, 6.45) is 8.37. The van der Waals surface area contributed by atoms with Crippen LogP contribution in [0.1, 0.15) is 44.2 Å². The maximum absolute atomic E-state index is 14.2. The van der Waals surface area contributed by atoms with Crippen molar-refractivity contribution in [2.75, 3.05) is 13.2 Å². The highest BCUT2D eigenvalue weighted by Gasteiger charge is 2.22. The Hall–Kier alpha value is -3.80. The van der Waals surface area contributed by atoms with Crippen molar-refractivity contribution in [1.82, 2.24) is 0 Å². The highest BCUT2D eigenvalue weighted by molar-refractivity contribution is 6.43. The third-order valence-electron chi connectivity index (χ3n) is 6.23. The first kappa shape index (κ1) is 23.0. The highest BCUT2D eigenvalue weighted by atomic mass is 19.1. The summed E-state index contributed by atoms with van der Waals surface area (Å²) in [4.78, 5) is 13.9. The van der Waals surface area contributed by atoms with Crippen molar-refractivity contribution in [2.45, 2.75) is 39.2 Å². The average Bonchev–Trinajstić information content (AvgIpc) is 3.25. The van der Waals surface area contributed by atoms with Crippen molar-refractivity contribution in [2.24, 2.45) is 15.0 Å². The Labute approximate surface area is 205 Å². The lowest BCUT2D eigenvalue weighted by Crippen LogP contribution is -2.15. The van der Waals surface area contributed by atoms with E-state index in [1.165, 1.54) is 17.2 Å². The number of rotatable bonds is 6. The van der Waals surface area contributed by atoms with Gasteiger partial charge < -0.3 is 9.47 Å². The number of ether oxygens (including phenoxy) is 2. The molecular weight excluding hydrogens is 441 g/mol. The Kier molecular flexibility index (Phi) is 6.70. The third kappa shape index (κ3) is 5.16. The molecule has 1 unspecified atom stereocenters. The number of fused-ring (bicyclic) bond motifs is 1. The molecular formula is C29H28FN3O2. The number of allylic oxidation sites excluding steroid dienone is 4. The molecule has 6 heteroatoms. The maximum Gasteiger partial charge on any atom is 0.163 e. The first-order chi connectivity index (χ1) is 17.1. The van der Waals surface area contributed by atoms with Crippen LogP contribution in [0.2, 0.25) is 0 Å². The van der Waals surface area contributed by atoms with Crippen LogP contribution in [0.3, 0.4) is 0 Å². The second-order valence-electron chi connectivity index (χ2n) is 8.77. The molecule has 5 rings (SSSR count). The summed E-state index contributed by atoms with van der Waals surface area (Å²) in [5, 5.41) is 0. The zero-order valence-electron chi connectivity index (χ0n) is 20.0. The van der Waals surface area contributed by atoms with Crippen LogP contribution < -0.4 is 4.74 Å². The molecule has 0 saturated heterocycles. The molecule has 5 nitrogen and oxygen atoms in total. The SMILES string of the molecule is CCOc1ccc(C2=C(C)COC(CC3CCC=C4N=C(c5ccccc5F)N=C4C=N3)=C2)cc1.